The van der Waals surface area contributed by atoms with Gasteiger partial charge in [-0.25, -0.2) is 9.78 Å². The van der Waals surface area contributed by atoms with Gasteiger partial charge in [0.25, 0.3) is 5.91 Å². The first-order chi connectivity index (χ1) is 15.2. The quantitative estimate of drug-likeness (QED) is 0.557. The van der Waals surface area contributed by atoms with Crippen molar-refractivity contribution >= 4 is 28.9 Å². The summed E-state index contributed by atoms with van der Waals surface area (Å²) in [6.07, 6.45) is 3.38. The third kappa shape index (κ3) is 4.68. The van der Waals surface area contributed by atoms with Gasteiger partial charge < -0.3 is 15.0 Å². The van der Waals surface area contributed by atoms with Gasteiger partial charge in [-0.2, -0.15) is 0 Å². The number of benzene rings is 2. The van der Waals surface area contributed by atoms with E-state index in [-0.39, 0.29) is 5.91 Å². The molecule has 0 bridgehead atoms. The molecular formula is C24H23N3O3S. The number of hydrogen-bond donors (Lipinski definition) is 1. The van der Waals surface area contributed by atoms with E-state index < -0.39 is 0 Å². The third-order valence-electron chi connectivity index (χ3n) is 5.12. The first-order valence-corrected chi connectivity index (χ1v) is 11.1. The van der Waals surface area contributed by atoms with Crippen LogP contribution in [-0.4, -0.2) is 30.0 Å². The predicted octanol–water partition coefficient (Wildman–Crippen LogP) is 4.45. The number of rotatable bonds is 7. The highest BCUT2D eigenvalue weighted by Crippen LogP contribution is 2.31. The molecule has 1 aliphatic rings. The fourth-order valence-corrected chi connectivity index (χ4v) is 4.30. The summed E-state index contributed by atoms with van der Waals surface area (Å²) in [6.45, 7) is 3.46. The molecule has 0 radical (unpaired) electrons. The van der Waals surface area contributed by atoms with E-state index in [0.29, 0.717) is 36.6 Å². The van der Waals surface area contributed by atoms with E-state index in [4.69, 9.17) is 4.74 Å². The van der Waals surface area contributed by atoms with E-state index in [1.165, 1.54) is 0 Å². The number of nitrogens with one attached hydrogen (secondary N) is 1. The summed E-state index contributed by atoms with van der Waals surface area (Å²) in [5.41, 5.74) is 3.89. The number of thiazole rings is 1. The molecule has 1 aromatic heterocycles. The van der Waals surface area contributed by atoms with Crippen molar-refractivity contribution in [1.29, 1.82) is 0 Å². The Hall–Kier alpha value is -3.41. The van der Waals surface area contributed by atoms with Gasteiger partial charge in [0, 0.05) is 42.3 Å². The molecule has 0 unspecified atom stereocenters. The fraction of sp³-hybridized carbons (Fsp3) is 0.250. The monoisotopic (exact) mass is 433 g/mol. The predicted molar refractivity (Wildman–Crippen MR) is 122 cm³/mol. The zero-order chi connectivity index (χ0) is 21.6. The van der Waals surface area contributed by atoms with Crippen molar-refractivity contribution in [2.75, 3.05) is 18.1 Å². The van der Waals surface area contributed by atoms with Gasteiger partial charge in [-0.05, 0) is 43.2 Å². The van der Waals surface area contributed by atoms with Crippen LogP contribution >= 0.6 is 11.3 Å². The lowest BCUT2D eigenvalue weighted by molar-refractivity contribution is 0.0947. The average Bonchev–Trinajstić information content (AvgIpc) is 3.50. The molecule has 6 nitrogen and oxygen atoms in total. The zero-order valence-corrected chi connectivity index (χ0v) is 18.1. The SMILES string of the molecule is CCOc1ccc(N2CCCC2=C=O)cc1C(=O)NCc1cccc(-c2nccs2)c1. The molecule has 31 heavy (non-hydrogen) atoms. The molecule has 7 heteroatoms. The number of anilines is 1. The van der Waals surface area contributed by atoms with Crippen LogP contribution in [0.1, 0.15) is 35.7 Å². The highest BCUT2D eigenvalue weighted by molar-refractivity contribution is 7.13. The second kappa shape index (κ2) is 9.60. The van der Waals surface area contributed by atoms with Crippen molar-refractivity contribution in [3.05, 3.63) is 70.9 Å². The molecule has 4 rings (SSSR count). The van der Waals surface area contributed by atoms with E-state index in [9.17, 15) is 9.59 Å². The minimum atomic E-state index is -0.221. The number of nitrogens with zero attached hydrogens (tertiary/aromatic N) is 2. The largest absolute Gasteiger partial charge is 0.493 e. The van der Waals surface area contributed by atoms with Crippen molar-refractivity contribution < 1.29 is 14.3 Å². The van der Waals surface area contributed by atoms with Gasteiger partial charge >= 0.3 is 0 Å². The molecule has 1 saturated heterocycles. The Labute approximate surface area is 185 Å². The molecule has 3 aromatic rings. The van der Waals surface area contributed by atoms with Gasteiger partial charge in [-0.15, -0.1) is 11.3 Å². The molecule has 1 amide bonds. The first-order valence-electron chi connectivity index (χ1n) is 10.2. The Balaban J connectivity index is 1.54. The minimum absolute atomic E-state index is 0.221. The van der Waals surface area contributed by atoms with Gasteiger partial charge in [-0.1, -0.05) is 18.2 Å². The number of hydrogen-bond acceptors (Lipinski definition) is 6. The number of carbonyl (C=O) groups is 1. The topological polar surface area (TPSA) is 71.5 Å². The lowest BCUT2D eigenvalue weighted by Gasteiger charge is -2.20. The molecule has 2 heterocycles. The van der Waals surface area contributed by atoms with Crippen molar-refractivity contribution in [1.82, 2.24) is 10.3 Å². The van der Waals surface area contributed by atoms with Gasteiger partial charge in [0.05, 0.1) is 12.2 Å². The molecule has 2 aromatic carbocycles. The van der Waals surface area contributed by atoms with Crippen LogP contribution in [0, 0.1) is 0 Å². The second-order valence-electron chi connectivity index (χ2n) is 7.14. The maximum Gasteiger partial charge on any atom is 0.255 e. The van der Waals surface area contributed by atoms with Gasteiger partial charge in [0.1, 0.15) is 22.4 Å². The first kappa shape index (κ1) is 20.8. The Kier molecular flexibility index (Phi) is 6.46. The number of aromatic nitrogens is 1. The lowest BCUT2D eigenvalue weighted by atomic mass is 10.1. The van der Waals surface area contributed by atoms with Crippen LogP contribution in [0.3, 0.4) is 0 Å². The molecule has 0 saturated carbocycles. The van der Waals surface area contributed by atoms with Crippen molar-refractivity contribution in [3.63, 3.8) is 0 Å². The van der Waals surface area contributed by atoms with Crippen LogP contribution in [-0.2, 0) is 11.3 Å². The van der Waals surface area contributed by atoms with Gasteiger partial charge in [0.15, 0.2) is 0 Å². The summed E-state index contributed by atoms with van der Waals surface area (Å²) in [5, 5.41) is 5.88. The molecule has 0 atom stereocenters. The Morgan fingerprint density at radius 2 is 2.19 bits per heavy atom. The normalized spacial score (nSPS) is 13.2. The van der Waals surface area contributed by atoms with Crippen molar-refractivity contribution in [3.8, 4) is 16.3 Å². The van der Waals surface area contributed by atoms with Crippen molar-refractivity contribution in [2.24, 2.45) is 0 Å². The number of carbonyl (C=O) groups excluding carboxylic acids is 2. The van der Waals surface area contributed by atoms with Crippen LogP contribution in [0.2, 0.25) is 0 Å². The maximum absolute atomic E-state index is 13.0. The molecule has 1 N–H and O–H groups in total. The average molecular weight is 434 g/mol. The molecule has 0 aliphatic carbocycles. The molecule has 1 aliphatic heterocycles. The standard InChI is InChI=1S/C24H23N3O3S/c1-2-30-22-9-8-19(27-11-4-7-20(27)16-28)14-21(22)23(29)26-15-17-5-3-6-18(13-17)24-25-10-12-31-24/h3,5-6,8-10,12-14H,2,4,7,11,15H2,1H3,(H,26,29). The summed E-state index contributed by atoms with van der Waals surface area (Å²) >= 11 is 1.58. The Morgan fingerprint density at radius 1 is 1.29 bits per heavy atom. The summed E-state index contributed by atoms with van der Waals surface area (Å²) in [7, 11) is 0. The number of amides is 1. The smallest absolute Gasteiger partial charge is 0.255 e. The fourth-order valence-electron chi connectivity index (χ4n) is 3.67. The Morgan fingerprint density at radius 3 is 2.97 bits per heavy atom. The lowest BCUT2D eigenvalue weighted by Crippen LogP contribution is -2.24. The highest BCUT2D eigenvalue weighted by Gasteiger charge is 2.22. The minimum Gasteiger partial charge on any atom is -0.493 e. The summed E-state index contributed by atoms with van der Waals surface area (Å²) in [4.78, 5) is 30.5. The van der Waals surface area contributed by atoms with E-state index in [0.717, 1.165) is 34.8 Å². The highest BCUT2D eigenvalue weighted by atomic mass is 32.1. The zero-order valence-electron chi connectivity index (χ0n) is 17.3. The van der Waals surface area contributed by atoms with E-state index in [2.05, 4.69) is 10.3 Å². The number of ether oxygens (including phenoxy) is 1. The second-order valence-corrected chi connectivity index (χ2v) is 8.03. The maximum atomic E-state index is 13.0. The Bertz CT molecular complexity index is 1120. The molecular weight excluding hydrogens is 410 g/mol. The molecule has 1 fully saturated rings. The van der Waals surface area contributed by atoms with Crippen LogP contribution < -0.4 is 15.0 Å². The summed E-state index contributed by atoms with van der Waals surface area (Å²) in [5.74, 6) is 2.32. The van der Waals surface area contributed by atoms with E-state index in [1.54, 1.807) is 29.7 Å². The van der Waals surface area contributed by atoms with Crippen LogP contribution in [0.15, 0.2) is 59.7 Å². The van der Waals surface area contributed by atoms with Crippen molar-refractivity contribution in [2.45, 2.75) is 26.3 Å². The van der Waals surface area contributed by atoms with Crippen LogP contribution in [0.4, 0.5) is 5.69 Å². The summed E-state index contributed by atoms with van der Waals surface area (Å²) < 4.78 is 5.68. The van der Waals surface area contributed by atoms with E-state index >= 15 is 0 Å². The molecule has 158 valence electrons. The van der Waals surface area contributed by atoms with E-state index in [1.807, 2.05) is 53.5 Å². The summed E-state index contributed by atoms with van der Waals surface area (Å²) in [6, 6.07) is 13.4. The third-order valence-corrected chi connectivity index (χ3v) is 5.94. The van der Waals surface area contributed by atoms with Gasteiger partial charge in [-0.3, -0.25) is 4.79 Å². The van der Waals surface area contributed by atoms with Gasteiger partial charge in [0.2, 0.25) is 0 Å². The molecule has 0 spiro atoms. The van der Waals surface area contributed by atoms with Crippen LogP contribution in [0.25, 0.3) is 10.6 Å². The van der Waals surface area contributed by atoms with Crippen LogP contribution in [0.5, 0.6) is 5.75 Å². The number of allylic oxidation sites excluding steroid dienone is 1.